The van der Waals surface area contributed by atoms with Crippen LogP contribution in [0.4, 0.5) is 0 Å². The minimum atomic E-state index is 0.503. The van der Waals surface area contributed by atoms with Crippen molar-refractivity contribution in [3.05, 3.63) is 17.8 Å². The van der Waals surface area contributed by atoms with E-state index in [9.17, 15) is 0 Å². The third-order valence-corrected chi connectivity index (χ3v) is 3.17. The van der Waals surface area contributed by atoms with E-state index in [0.29, 0.717) is 5.92 Å². The van der Waals surface area contributed by atoms with E-state index in [1.54, 1.807) is 0 Å². The molecule has 1 aromatic rings. The number of likely N-dealkylation sites (N-methyl/N-ethyl adjacent to an activating group) is 1. The summed E-state index contributed by atoms with van der Waals surface area (Å²) in [6, 6.07) is 0. The molecule has 1 aliphatic rings. The van der Waals surface area contributed by atoms with Gasteiger partial charge in [0.2, 0.25) is 0 Å². The Morgan fingerprint density at radius 2 is 2.50 bits per heavy atom. The monoisotopic (exact) mass is 223 g/mol. The van der Waals surface area contributed by atoms with Gasteiger partial charge in [-0.3, -0.25) is 0 Å². The lowest BCUT2D eigenvalue weighted by Gasteiger charge is -2.05. The molecule has 0 aliphatic carbocycles. The van der Waals surface area contributed by atoms with Gasteiger partial charge in [0.05, 0.1) is 5.69 Å². The predicted molar refractivity (Wildman–Crippen MR) is 63.6 cm³/mol. The molecule has 1 fully saturated rings. The van der Waals surface area contributed by atoms with Crippen LogP contribution in [0.25, 0.3) is 0 Å². The van der Waals surface area contributed by atoms with Crippen molar-refractivity contribution in [3.8, 4) is 0 Å². The van der Waals surface area contributed by atoms with E-state index in [-0.39, 0.29) is 0 Å². The van der Waals surface area contributed by atoms with Crippen molar-refractivity contribution in [2.24, 2.45) is 0 Å². The molecule has 0 bridgehead atoms. The molecule has 1 N–H and O–H groups in total. The molecule has 90 valence electrons. The summed E-state index contributed by atoms with van der Waals surface area (Å²) >= 11 is 0. The zero-order valence-corrected chi connectivity index (χ0v) is 10.2. The van der Waals surface area contributed by atoms with Crippen molar-refractivity contribution in [1.29, 1.82) is 0 Å². The van der Waals surface area contributed by atoms with Gasteiger partial charge in [-0.2, -0.15) is 0 Å². The van der Waals surface area contributed by atoms with Crippen LogP contribution in [0, 0.1) is 0 Å². The molecule has 4 heteroatoms. The lowest BCUT2D eigenvalue weighted by molar-refractivity contribution is 0.392. The molecule has 2 heterocycles. The van der Waals surface area contributed by atoms with Crippen LogP contribution in [0.3, 0.4) is 0 Å². The van der Waals surface area contributed by atoms with Crippen molar-refractivity contribution >= 4 is 0 Å². The van der Waals surface area contributed by atoms with Crippen LogP contribution in [0.15, 0.2) is 10.7 Å². The van der Waals surface area contributed by atoms with Crippen molar-refractivity contribution < 1.29 is 4.42 Å². The molecule has 0 saturated carbocycles. The van der Waals surface area contributed by atoms with Gasteiger partial charge in [-0.15, -0.1) is 0 Å². The average Bonchev–Trinajstić information content (AvgIpc) is 2.87. The third-order valence-electron chi connectivity index (χ3n) is 3.17. The van der Waals surface area contributed by atoms with Crippen molar-refractivity contribution in [2.45, 2.75) is 25.2 Å². The van der Waals surface area contributed by atoms with Crippen LogP contribution in [0.2, 0.25) is 0 Å². The maximum absolute atomic E-state index is 5.57. The summed E-state index contributed by atoms with van der Waals surface area (Å²) in [5, 5.41) is 3.14. The van der Waals surface area contributed by atoms with E-state index in [2.05, 4.69) is 22.2 Å². The largest absolute Gasteiger partial charge is 0.448 e. The SMILES string of the molecule is CNCCCc1coc(C2CCN(C)C2)n1. The molecule has 4 nitrogen and oxygen atoms in total. The van der Waals surface area contributed by atoms with Crippen LogP contribution in [0.5, 0.6) is 0 Å². The summed E-state index contributed by atoms with van der Waals surface area (Å²) in [5.41, 5.74) is 1.10. The maximum Gasteiger partial charge on any atom is 0.198 e. The zero-order chi connectivity index (χ0) is 11.4. The van der Waals surface area contributed by atoms with Crippen LogP contribution >= 0.6 is 0 Å². The standard InChI is InChI=1S/C12H21N3O/c1-13-6-3-4-11-9-16-12(14-11)10-5-7-15(2)8-10/h9-10,13H,3-8H2,1-2H3. The number of rotatable bonds is 5. The Morgan fingerprint density at radius 3 is 3.19 bits per heavy atom. The van der Waals surface area contributed by atoms with E-state index < -0.39 is 0 Å². The summed E-state index contributed by atoms with van der Waals surface area (Å²) < 4.78 is 5.57. The van der Waals surface area contributed by atoms with Gasteiger partial charge in [0.25, 0.3) is 0 Å². The first-order valence-electron chi connectivity index (χ1n) is 6.07. The quantitative estimate of drug-likeness (QED) is 0.763. The number of likely N-dealkylation sites (tertiary alicyclic amines) is 1. The molecule has 2 rings (SSSR count). The minimum Gasteiger partial charge on any atom is -0.448 e. The second kappa shape index (κ2) is 5.46. The molecule has 16 heavy (non-hydrogen) atoms. The first kappa shape index (κ1) is 11.6. The Balaban J connectivity index is 1.87. The number of nitrogens with zero attached hydrogens (tertiary/aromatic N) is 2. The van der Waals surface area contributed by atoms with Gasteiger partial charge in [0.1, 0.15) is 6.26 Å². The van der Waals surface area contributed by atoms with Crippen LogP contribution in [-0.2, 0) is 6.42 Å². The van der Waals surface area contributed by atoms with Gasteiger partial charge in [-0.1, -0.05) is 0 Å². The lowest BCUT2D eigenvalue weighted by Crippen LogP contribution is -2.13. The average molecular weight is 223 g/mol. The summed E-state index contributed by atoms with van der Waals surface area (Å²) in [5.74, 6) is 1.44. The summed E-state index contributed by atoms with van der Waals surface area (Å²) in [4.78, 5) is 6.91. The first-order valence-corrected chi connectivity index (χ1v) is 6.07. The van der Waals surface area contributed by atoms with Gasteiger partial charge in [0.15, 0.2) is 5.89 Å². The normalized spacial score (nSPS) is 21.8. The highest BCUT2D eigenvalue weighted by molar-refractivity contribution is 5.03. The fourth-order valence-corrected chi connectivity index (χ4v) is 2.21. The van der Waals surface area contributed by atoms with Gasteiger partial charge in [-0.25, -0.2) is 4.98 Å². The van der Waals surface area contributed by atoms with E-state index in [4.69, 9.17) is 4.42 Å². The minimum absolute atomic E-state index is 0.503. The first-order chi connectivity index (χ1) is 7.79. The number of aryl methyl sites for hydroxylation is 1. The number of aromatic nitrogens is 1. The Kier molecular flexibility index (Phi) is 3.96. The third kappa shape index (κ3) is 2.83. The lowest BCUT2D eigenvalue weighted by atomic mass is 10.1. The van der Waals surface area contributed by atoms with Crippen molar-refractivity contribution in [1.82, 2.24) is 15.2 Å². The van der Waals surface area contributed by atoms with Crippen LogP contribution in [0.1, 0.15) is 30.3 Å². The highest BCUT2D eigenvalue weighted by Gasteiger charge is 2.25. The van der Waals surface area contributed by atoms with Gasteiger partial charge >= 0.3 is 0 Å². The highest BCUT2D eigenvalue weighted by atomic mass is 16.3. The Bertz CT molecular complexity index is 324. The highest BCUT2D eigenvalue weighted by Crippen LogP contribution is 2.25. The van der Waals surface area contributed by atoms with E-state index >= 15 is 0 Å². The molecular weight excluding hydrogens is 202 g/mol. The number of nitrogens with one attached hydrogen (secondary N) is 1. The Labute approximate surface area is 97.0 Å². The van der Waals surface area contributed by atoms with Crippen molar-refractivity contribution in [2.75, 3.05) is 33.7 Å². The van der Waals surface area contributed by atoms with Crippen LogP contribution in [-0.4, -0.2) is 43.6 Å². The molecule has 1 unspecified atom stereocenters. The maximum atomic E-state index is 5.57. The fourth-order valence-electron chi connectivity index (χ4n) is 2.21. The van der Waals surface area contributed by atoms with Crippen LogP contribution < -0.4 is 5.32 Å². The molecule has 1 saturated heterocycles. The van der Waals surface area contributed by atoms with Gasteiger partial charge in [-0.05, 0) is 46.4 Å². The number of hydrogen-bond donors (Lipinski definition) is 1. The Hall–Kier alpha value is -0.870. The molecular formula is C12H21N3O. The van der Waals surface area contributed by atoms with E-state index in [1.807, 2.05) is 13.3 Å². The second-order valence-electron chi connectivity index (χ2n) is 4.63. The topological polar surface area (TPSA) is 41.3 Å². The smallest absolute Gasteiger partial charge is 0.198 e. The number of oxazole rings is 1. The summed E-state index contributed by atoms with van der Waals surface area (Å²) in [6.07, 6.45) is 5.12. The predicted octanol–water partition coefficient (Wildman–Crippen LogP) is 1.25. The summed E-state index contributed by atoms with van der Waals surface area (Å²) in [7, 11) is 4.12. The van der Waals surface area contributed by atoms with E-state index in [0.717, 1.165) is 44.1 Å². The fraction of sp³-hybridized carbons (Fsp3) is 0.750. The summed E-state index contributed by atoms with van der Waals surface area (Å²) in [6.45, 7) is 3.27. The Morgan fingerprint density at radius 1 is 1.62 bits per heavy atom. The molecule has 0 aromatic carbocycles. The van der Waals surface area contributed by atoms with E-state index in [1.165, 1.54) is 6.42 Å². The number of hydrogen-bond acceptors (Lipinski definition) is 4. The molecule has 0 spiro atoms. The molecule has 0 amide bonds. The molecule has 0 radical (unpaired) electrons. The molecule has 1 aliphatic heterocycles. The molecule has 1 aromatic heterocycles. The molecule has 1 atom stereocenters. The second-order valence-corrected chi connectivity index (χ2v) is 4.63. The van der Waals surface area contributed by atoms with Gasteiger partial charge in [0, 0.05) is 12.5 Å². The zero-order valence-electron chi connectivity index (χ0n) is 10.2. The van der Waals surface area contributed by atoms with Crippen molar-refractivity contribution in [3.63, 3.8) is 0 Å². The van der Waals surface area contributed by atoms with Gasteiger partial charge < -0.3 is 14.6 Å².